The molecule has 4 saturated heterocycles. The molecular formula is C32H50N6O5. The Balaban J connectivity index is 1.31. The first kappa shape index (κ1) is 31.5. The number of piperidine rings is 2. The van der Waals surface area contributed by atoms with Crippen molar-refractivity contribution >= 4 is 23.6 Å². The van der Waals surface area contributed by atoms with Gasteiger partial charge in [0.15, 0.2) is 0 Å². The zero-order chi connectivity index (χ0) is 31.1. The zero-order valence-electron chi connectivity index (χ0n) is 26.9. The van der Waals surface area contributed by atoms with Crippen LogP contribution in [0.2, 0.25) is 0 Å². The van der Waals surface area contributed by atoms with Crippen molar-refractivity contribution in [3.8, 4) is 0 Å². The number of nitrogens with zero attached hydrogens (tertiary/aromatic N) is 3. The Morgan fingerprint density at radius 1 is 1.16 bits per heavy atom. The molecule has 0 aromatic heterocycles. The van der Waals surface area contributed by atoms with Gasteiger partial charge in [0.1, 0.15) is 11.8 Å². The van der Waals surface area contributed by atoms with Gasteiger partial charge in [0, 0.05) is 49.0 Å². The SMILES string of the molecule is CCC1(N2NC(Nc3ccc(C(=O)N4CCOC(C)C4C)c(C)c3)C3C(=O)NCCC32)CCN(C(=O)OC(C)(C)C)CC1. The van der Waals surface area contributed by atoms with E-state index < -0.39 is 5.60 Å². The van der Waals surface area contributed by atoms with Gasteiger partial charge >= 0.3 is 6.09 Å². The predicted molar refractivity (Wildman–Crippen MR) is 164 cm³/mol. The highest BCUT2D eigenvalue weighted by molar-refractivity contribution is 5.96. The van der Waals surface area contributed by atoms with E-state index in [-0.39, 0.29) is 53.7 Å². The van der Waals surface area contributed by atoms with E-state index in [1.807, 2.05) is 64.6 Å². The summed E-state index contributed by atoms with van der Waals surface area (Å²) in [5.41, 5.74) is 5.43. The second-order valence-electron chi connectivity index (χ2n) is 13.7. The van der Waals surface area contributed by atoms with Crippen molar-refractivity contribution in [3.05, 3.63) is 29.3 Å². The number of morpholine rings is 1. The van der Waals surface area contributed by atoms with E-state index in [0.29, 0.717) is 38.3 Å². The molecule has 11 nitrogen and oxygen atoms in total. The first-order chi connectivity index (χ1) is 20.3. The summed E-state index contributed by atoms with van der Waals surface area (Å²) < 4.78 is 11.3. The van der Waals surface area contributed by atoms with Crippen molar-refractivity contribution in [3.63, 3.8) is 0 Å². The smallest absolute Gasteiger partial charge is 0.410 e. The Hall–Kier alpha value is -2.89. The number of carbonyl (C=O) groups is 3. The van der Waals surface area contributed by atoms with Gasteiger partial charge in [-0.3, -0.25) is 9.59 Å². The van der Waals surface area contributed by atoms with Crippen LogP contribution in [-0.4, -0.2) is 101 Å². The third-order valence-electron chi connectivity index (χ3n) is 9.86. The second-order valence-corrected chi connectivity index (χ2v) is 13.7. The standard InChI is InChI=1S/C32H50N6O5/c1-8-32(12-15-36(16-13-32)30(41)43-31(5,6)7)38-25-11-14-33-28(39)26(25)27(35-38)34-23-9-10-24(20(2)19-23)29(40)37-17-18-42-22(4)21(37)3/h9-10,19,21-22,25-27,34-35H,8,11-18H2,1-7H3,(H,33,39). The summed E-state index contributed by atoms with van der Waals surface area (Å²) in [6, 6.07) is 5.86. The summed E-state index contributed by atoms with van der Waals surface area (Å²) >= 11 is 0. The lowest BCUT2D eigenvalue weighted by Crippen LogP contribution is -2.62. The van der Waals surface area contributed by atoms with Gasteiger partial charge in [-0.25, -0.2) is 15.2 Å². The maximum atomic E-state index is 13.4. The van der Waals surface area contributed by atoms with Gasteiger partial charge in [0.25, 0.3) is 5.91 Å². The molecule has 43 heavy (non-hydrogen) atoms. The highest BCUT2D eigenvalue weighted by Gasteiger charge is 2.54. The molecule has 4 fully saturated rings. The summed E-state index contributed by atoms with van der Waals surface area (Å²) in [5, 5.41) is 9.00. The molecule has 0 aliphatic carbocycles. The number of benzene rings is 1. The van der Waals surface area contributed by atoms with Crippen LogP contribution in [0.5, 0.6) is 0 Å². The molecule has 4 heterocycles. The van der Waals surface area contributed by atoms with Crippen LogP contribution >= 0.6 is 0 Å². The number of nitrogens with one attached hydrogen (secondary N) is 3. The van der Waals surface area contributed by atoms with Crippen molar-refractivity contribution < 1.29 is 23.9 Å². The van der Waals surface area contributed by atoms with Crippen molar-refractivity contribution in [2.45, 2.75) is 110 Å². The molecule has 3 amide bonds. The predicted octanol–water partition coefficient (Wildman–Crippen LogP) is 3.49. The summed E-state index contributed by atoms with van der Waals surface area (Å²) in [5.74, 6) is -0.218. The van der Waals surface area contributed by atoms with Gasteiger partial charge in [-0.2, -0.15) is 0 Å². The average molecular weight is 599 g/mol. The van der Waals surface area contributed by atoms with E-state index in [1.54, 1.807) is 4.90 Å². The molecule has 3 N–H and O–H groups in total. The molecule has 5 rings (SSSR count). The number of fused-ring (bicyclic) bond motifs is 1. The van der Waals surface area contributed by atoms with Crippen LogP contribution in [0, 0.1) is 12.8 Å². The normalized spacial score (nSPS) is 29.6. The maximum absolute atomic E-state index is 13.4. The van der Waals surface area contributed by atoms with E-state index in [0.717, 1.165) is 36.9 Å². The first-order valence-corrected chi connectivity index (χ1v) is 15.9. The molecular weight excluding hydrogens is 548 g/mol. The summed E-state index contributed by atoms with van der Waals surface area (Å²) in [7, 11) is 0. The van der Waals surface area contributed by atoms with Gasteiger partial charge in [-0.15, -0.1) is 0 Å². The third-order valence-corrected chi connectivity index (χ3v) is 9.86. The molecule has 11 heteroatoms. The highest BCUT2D eigenvalue weighted by Crippen LogP contribution is 2.40. The summed E-state index contributed by atoms with van der Waals surface area (Å²) in [4.78, 5) is 43.2. The Morgan fingerprint density at radius 2 is 1.88 bits per heavy atom. The number of hydrazine groups is 1. The number of likely N-dealkylation sites (tertiary alicyclic amines) is 1. The summed E-state index contributed by atoms with van der Waals surface area (Å²) in [6.45, 7) is 16.8. The van der Waals surface area contributed by atoms with Gasteiger partial charge in [0.2, 0.25) is 5.91 Å². The number of aryl methyl sites for hydroxylation is 1. The fourth-order valence-electron chi connectivity index (χ4n) is 7.16. The number of amides is 3. The van der Waals surface area contributed by atoms with Crippen molar-refractivity contribution in [1.82, 2.24) is 25.6 Å². The average Bonchev–Trinajstić information content (AvgIpc) is 3.33. The van der Waals surface area contributed by atoms with Crippen LogP contribution < -0.4 is 16.1 Å². The molecule has 4 aliphatic heterocycles. The number of anilines is 1. The molecule has 4 aliphatic rings. The molecule has 0 spiro atoms. The lowest BCUT2D eigenvalue weighted by Gasteiger charge is -2.49. The largest absolute Gasteiger partial charge is 0.444 e. The Labute approximate surface area is 256 Å². The summed E-state index contributed by atoms with van der Waals surface area (Å²) in [6.07, 6.45) is 2.76. The molecule has 5 unspecified atom stereocenters. The number of ether oxygens (including phenoxy) is 2. The molecule has 0 radical (unpaired) electrons. The van der Waals surface area contributed by atoms with E-state index in [4.69, 9.17) is 9.47 Å². The van der Waals surface area contributed by atoms with Crippen LogP contribution in [0.3, 0.4) is 0 Å². The van der Waals surface area contributed by atoms with Crippen molar-refractivity contribution in [1.29, 1.82) is 0 Å². The van der Waals surface area contributed by atoms with Crippen LogP contribution in [0.25, 0.3) is 0 Å². The number of hydrogen-bond donors (Lipinski definition) is 3. The first-order valence-electron chi connectivity index (χ1n) is 15.9. The van der Waals surface area contributed by atoms with Gasteiger partial charge in [-0.05, 0) is 91.0 Å². The Morgan fingerprint density at radius 3 is 2.53 bits per heavy atom. The van der Waals surface area contributed by atoms with Crippen LogP contribution in [0.15, 0.2) is 18.2 Å². The molecule has 0 bridgehead atoms. The number of rotatable bonds is 5. The molecule has 238 valence electrons. The Kier molecular flexibility index (Phi) is 8.98. The zero-order valence-corrected chi connectivity index (χ0v) is 26.9. The van der Waals surface area contributed by atoms with Crippen LogP contribution in [0.1, 0.15) is 83.1 Å². The Bertz CT molecular complexity index is 1210. The molecule has 1 aromatic carbocycles. The maximum Gasteiger partial charge on any atom is 0.410 e. The fourth-order valence-corrected chi connectivity index (χ4v) is 7.16. The van der Waals surface area contributed by atoms with E-state index in [9.17, 15) is 14.4 Å². The second kappa shape index (κ2) is 12.2. The van der Waals surface area contributed by atoms with Gasteiger partial charge < -0.3 is 29.9 Å². The monoisotopic (exact) mass is 598 g/mol. The van der Waals surface area contributed by atoms with Crippen molar-refractivity contribution in [2.24, 2.45) is 5.92 Å². The lowest BCUT2D eigenvalue weighted by atomic mass is 9.81. The fraction of sp³-hybridized carbons (Fsp3) is 0.719. The minimum absolute atomic E-state index is 0.000815. The third kappa shape index (κ3) is 6.35. The van der Waals surface area contributed by atoms with E-state index in [2.05, 4.69) is 28.0 Å². The molecule has 1 aromatic rings. The quantitative estimate of drug-likeness (QED) is 0.472. The van der Waals surface area contributed by atoms with Crippen LogP contribution in [-0.2, 0) is 14.3 Å². The minimum atomic E-state index is -0.530. The topological polar surface area (TPSA) is 115 Å². The van der Waals surface area contributed by atoms with E-state index in [1.165, 1.54) is 0 Å². The van der Waals surface area contributed by atoms with E-state index >= 15 is 0 Å². The number of hydrogen-bond acceptors (Lipinski definition) is 8. The highest BCUT2D eigenvalue weighted by atomic mass is 16.6. The van der Waals surface area contributed by atoms with Crippen LogP contribution in [0.4, 0.5) is 10.5 Å². The molecule has 5 atom stereocenters. The number of carbonyl (C=O) groups excluding carboxylic acids is 3. The molecule has 0 saturated carbocycles. The lowest BCUT2D eigenvalue weighted by molar-refractivity contribution is -0.128. The van der Waals surface area contributed by atoms with Crippen molar-refractivity contribution in [2.75, 3.05) is 38.1 Å². The minimum Gasteiger partial charge on any atom is -0.444 e. The van der Waals surface area contributed by atoms with Gasteiger partial charge in [0.05, 0.1) is 24.7 Å². The van der Waals surface area contributed by atoms with Gasteiger partial charge in [-0.1, -0.05) is 6.92 Å².